The molecule has 3 nitrogen and oxygen atoms in total. The third-order valence-corrected chi connectivity index (χ3v) is 3.82. The summed E-state index contributed by atoms with van der Waals surface area (Å²) in [5.41, 5.74) is 2.97. The van der Waals surface area contributed by atoms with Crippen molar-refractivity contribution in [1.82, 2.24) is 0 Å². The monoisotopic (exact) mass is 351 g/mol. The predicted octanol–water partition coefficient (Wildman–Crippen LogP) is 5.44. The van der Waals surface area contributed by atoms with E-state index in [9.17, 15) is 4.79 Å². The first-order valence-electron chi connectivity index (χ1n) is 7.34. The lowest BCUT2D eigenvalue weighted by atomic mass is 9.98. The summed E-state index contributed by atoms with van der Waals surface area (Å²) in [4.78, 5) is 11.9. The molecule has 0 atom stereocenters. The lowest BCUT2D eigenvalue weighted by Gasteiger charge is -2.12. The first kappa shape index (κ1) is 17.6. The van der Waals surface area contributed by atoms with Crippen LogP contribution in [-0.4, -0.2) is 12.5 Å². The average Bonchev–Trinajstić information content (AvgIpc) is 2.43. The Balaban J connectivity index is 1.95. The van der Waals surface area contributed by atoms with Gasteiger partial charge in [-0.1, -0.05) is 43.1 Å². The minimum absolute atomic E-state index is 0.0788. The number of carbonyl (C=O) groups is 1. The van der Waals surface area contributed by atoms with E-state index in [0.717, 1.165) is 5.56 Å². The molecule has 0 radical (unpaired) electrons. The molecule has 0 aliphatic heterocycles. The Hall–Kier alpha value is -1.71. The van der Waals surface area contributed by atoms with Crippen LogP contribution in [-0.2, 0) is 4.79 Å². The highest BCUT2D eigenvalue weighted by atomic mass is 35.5. The van der Waals surface area contributed by atoms with Gasteiger partial charge in [0, 0.05) is 15.7 Å². The molecule has 1 N–H and O–H groups in total. The van der Waals surface area contributed by atoms with Gasteiger partial charge in [-0.15, -0.1) is 0 Å². The van der Waals surface area contributed by atoms with Crippen molar-refractivity contribution in [3.63, 3.8) is 0 Å². The lowest BCUT2D eigenvalue weighted by Crippen LogP contribution is -2.20. The Kier molecular flexibility index (Phi) is 5.91. The Labute approximate surface area is 146 Å². The molecular weight excluding hydrogens is 333 g/mol. The van der Waals surface area contributed by atoms with Crippen LogP contribution in [0.5, 0.6) is 5.75 Å². The summed E-state index contributed by atoms with van der Waals surface area (Å²) in [5, 5.41) is 3.64. The number of anilines is 1. The quantitative estimate of drug-likeness (QED) is 0.778. The third kappa shape index (κ3) is 5.15. The van der Waals surface area contributed by atoms with Gasteiger partial charge in [-0.3, -0.25) is 4.79 Å². The maximum absolute atomic E-state index is 11.9. The van der Waals surface area contributed by atoms with Gasteiger partial charge < -0.3 is 10.1 Å². The van der Waals surface area contributed by atoms with Crippen LogP contribution in [0.25, 0.3) is 0 Å². The molecule has 0 heterocycles. The standard InChI is InChI=1S/C18H19Cl2NO2/c1-11(2)17-5-4-16(6-12(17)3)23-10-18(22)21-15-8-13(19)7-14(20)9-15/h4-9,11H,10H2,1-3H3,(H,21,22). The minimum atomic E-state index is -0.270. The Morgan fingerprint density at radius 2 is 1.78 bits per heavy atom. The van der Waals surface area contributed by atoms with E-state index in [4.69, 9.17) is 27.9 Å². The number of hydrogen-bond donors (Lipinski definition) is 1. The van der Waals surface area contributed by atoms with E-state index in [1.807, 2.05) is 25.1 Å². The van der Waals surface area contributed by atoms with Crippen molar-refractivity contribution >= 4 is 34.8 Å². The molecule has 0 aliphatic rings. The zero-order valence-electron chi connectivity index (χ0n) is 13.3. The van der Waals surface area contributed by atoms with Crippen LogP contribution in [0.1, 0.15) is 30.9 Å². The molecule has 2 aromatic carbocycles. The molecule has 0 spiro atoms. The predicted molar refractivity (Wildman–Crippen MR) is 95.9 cm³/mol. The largest absolute Gasteiger partial charge is 0.484 e. The van der Waals surface area contributed by atoms with Gasteiger partial charge in [0.2, 0.25) is 0 Å². The lowest BCUT2D eigenvalue weighted by molar-refractivity contribution is -0.118. The smallest absolute Gasteiger partial charge is 0.262 e. The number of hydrogen-bond acceptors (Lipinski definition) is 2. The normalized spacial score (nSPS) is 10.7. The zero-order valence-corrected chi connectivity index (χ0v) is 14.8. The van der Waals surface area contributed by atoms with Crippen LogP contribution in [0.15, 0.2) is 36.4 Å². The van der Waals surface area contributed by atoms with Crippen LogP contribution in [0.2, 0.25) is 10.0 Å². The highest BCUT2D eigenvalue weighted by Crippen LogP contribution is 2.24. The number of halogens is 2. The number of nitrogens with one attached hydrogen (secondary N) is 1. The van der Waals surface area contributed by atoms with Crippen molar-refractivity contribution in [3.05, 3.63) is 57.6 Å². The van der Waals surface area contributed by atoms with Crippen LogP contribution in [0.3, 0.4) is 0 Å². The SMILES string of the molecule is Cc1cc(OCC(=O)Nc2cc(Cl)cc(Cl)c2)ccc1C(C)C. The average molecular weight is 352 g/mol. The molecule has 1 amide bonds. The Bertz CT molecular complexity index is 694. The van der Waals surface area contributed by atoms with Crippen molar-refractivity contribution < 1.29 is 9.53 Å². The van der Waals surface area contributed by atoms with Gasteiger partial charge >= 0.3 is 0 Å². The van der Waals surface area contributed by atoms with Gasteiger partial charge in [-0.2, -0.15) is 0 Å². The topological polar surface area (TPSA) is 38.3 Å². The first-order valence-corrected chi connectivity index (χ1v) is 8.10. The molecule has 0 fully saturated rings. The van der Waals surface area contributed by atoms with E-state index in [1.165, 1.54) is 5.56 Å². The van der Waals surface area contributed by atoms with Gasteiger partial charge in [-0.25, -0.2) is 0 Å². The highest BCUT2D eigenvalue weighted by Gasteiger charge is 2.08. The van der Waals surface area contributed by atoms with Crippen LogP contribution in [0, 0.1) is 6.92 Å². The molecule has 0 bridgehead atoms. The number of rotatable bonds is 5. The fraction of sp³-hybridized carbons (Fsp3) is 0.278. The third-order valence-electron chi connectivity index (χ3n) is 3.38. The molecule has 0 aromatic heterocycles. The van der Waals surface area contributed by atoms with Crippen molar-refractivity contribution in [2.75, 3.05) is 11.9 Å². The van der Waals surface area contributed by atoms with E-state index >= 15 is 0 Å². The summed E-state index contributed by atoms with van der Waals surface area (Å²) in [7, 11) is 0. The summed E-state index contributed by atoms with van der Waals surface area (Å²) in [6, 6.07) is 10.7. The molecule has 0 saturated heterocycles. The van der Waals surface area contributed by atoms with E-state index in [1.54, 1.807) is 18.2 Å². The first-order chi connectivity index (χ1) is 10.8. The zero-order chi connectivity index (χ0) is 17.0. The van der Waals surface area contributed by atoms with Gasteiger partial charge in [-0.05, 0) is 54.3 Å². The molecule has 0 saturated carbocycles. The maximum atomic E-state index is 11.9. The summed E-state index contributed by atoms with van der Waals surface area (Å²) in [6.45, 7) is 6.25. The van der Waals surface area contributed by atoms with E-state index in [2.05, 4.69) is 19.2 Å². The molecule has 0 aliphatic carbocycles. The fourth-order valence-electron chi connectivity index (χ4n) is 2.36. The number of benzene rings is 2. The second-order valence-electron chi connectivity index (χ2n) is 5.67. The van der Waals surface area contributed by atoms with Gasteiger partial charge in [0.05, 0.1) is 0 Å². The number of ether oxygens (including phenoxy) is 1. The Morgan fingerprint density at radius 3 is 2.35 bits per heavy atom. The number of amides is 1. The van der Waals surface area contributed by atoms with Crippen molar-refractivity contribution in [2.24, 2.45) is 0 Å². The summed E-state index contributed by atoms with van der Waals surface area (Å²) >= 11 is 11.8. The molecule has 2 rings (SSSR count). The van der Waals surface area contributed by atoms with Gasteiger partial charge in [0.25, 0.3) is 5.91 Å². The number of aryl methyl sites for hydroxylation is 1. The van der Waals surface area contributed by atoms with Gasteiger partial charge in [0.15, 0.2) is 6.61 Å². The molecule has 0 unspecified atom stereocenters. The highest BCUT2D eigenvalue weighted by molar-refractivity contribution is 6.35. The summed E-state index contributed by atoms with van der Waals surface area (Å²) in [6.07, 6.45) is 0. The number of carbonyl (C=O) groups excluding carboxylic acids is 1. The van der Waals surface area contributed by atoms with Crippen LogP contribution < -0.4 is 10.1 Å². The molecule has 122 valence electrons. The maximum Gasteiger partial charge on any atom is 0.262 e. The van der Waals surface area contributed by atoms with Crippen molar-refractivity contribution in [2.45, 2.75) is 26.7 Å². The van der Waals surface area contributed by atoms with E-state index in [0.29, 0.717) is 27.4 Å². The van der Waals surface area contributed by atoms with Gasteiger partial charge in [0.1, 0.15) is 5.75 Å². The second kappa shape index (κ2) is 7.71. The molecule has 2 aromatic rings. The van der Waals surface area contributed by atoms with E-state index in [-0.39, 0.29) is 12.5 Å². The molecule has 5 heteroatoms. The minimum Gasteiger partial charge on any atom is -0.484 e. The summed E-state index contributed by atoms with van der Waals surface area (Å²) < 4.78 is 5.54. The molecule has 23 heavy (non-hydrogen) atoms. The van der Waals surface area contributed by atoms with Crippen LogP contribution >= 0.6 is 23.2 Å². The summed E-state index contributed by atoms with van der Waals surface area (Å²) in [5.74, 6) is 0.861. The van der Waals surface area contributed by atoms with Crippen molar-refractivity contribution in [1.29, 1.82) is 0 Å². The molecular formula is C18H19Cl2NO2. The Morgan fingerprint density at radius 1 is 1.13 bits per heavy atom. The van der Waals surface area contributed by atoms with E-state index < -0.39 is 0 Å². The fourth-order valence-corrected chi connectivity index (χ4v) is 2.88. The second-order valence-corrected chi connectivity index (χ2v) is 6.54. The van der Waals surface area contributed by atoms with Crippen molar-refractivity contribution in [3.8, 4) is 5.75 Å². The van der Waals surface area contributed by atoms with Crippen LogP contribution in [0.4, 0.5) is 5.69 Å².